The van der Waals surface area contributed by atoms with Gasteiger partial charge in [0.1, 0.15) is 5.75 Å². The number of primary amides is 1. The molecule has 0 saturated heterocycles. The zero-order valence-electron chi connectivity index (χ0n) is 22.1. The number of fused-ring (bicyclic) bond motifs is 1. The second-order valence-electron chi connectivity index (χ2n) is 10.8. The number of amides is 2. The molecule has 2 unspecified atom stereocenters. The van der Waals surface area contributed by atoms with E-state index in [0.29, 0.717) is 41.1 Å². The number of hydrogen-bond acceptors (Lipinski definition) is 5. The van der Waals surface area contributed by atoms with Gasteiger partial charge in [-0.3, -0.25) is 14.2 Å². The Morgan fingerprint density at radius 1 is 1.08 bits per heavy atom. The van der Waals surface area contributed by atoms with Crippen LogP contribution >= 0.6 is 16.8 Å². The highest BCUT2D eigenvalue weighted by Gasteiger charge is 2.27. The zero-order chi connectivity index (χ0) is 28.2. The molecule has 4 rings (SSSR count). The highest BCUT2D eigenvalue weighted by molar-refractivity contribution is 7.61. The van der Waals surface area contributed by atoms with Crippen molar-refractivity contribution in [3.8, 4) is 5.75 Å². The van der Waals surface area contributed by atoms with Gasteiger partial charge in [0, 0.05) is 0 Å². The summed E-state index contributed by atoms with van der Waals surface area (Å²) < 4.78 is 17.9. The van der Waals surface area contributed by atoms with Crippen LogP contribution in [0.3, 0.4) is 0 Å². The lowest BCUT2D eigenvalue weighted by atomic mass is 9.90. The normalized spacial score (nSPS) is 19.0. The molecule has 2 aromatic rings. The number of benzene rings is 2. The van der Waals surface area contributed by atoms with Crippen molar-refractivity contribution in [3.63, 3.8) is 0 Å². The topological polar surface area (TPSA) is 165 Å². The highest BCUT2D eigenvalue weighted by Crippen LogP contribution is 2.35. The molecule has 39 heavy (non-hydrogen) atoms. The number of ether oxygens (including phenoxy) is 1. The van der Waals surface area contributed by atoms with Crippen LogP contribution in [0.4, 0.5) is 0 Å². The third-order valence-corrected chi connectivity index (χ3v) is 9.55. The maximum atomic E-state index is 13.1. The van der Waals surface area contributed by atoms with Gasteiger partial charge < -0.3 is 31.3 Å². The van der Waals surface area contributed by atoms with Gasteiger partial charge in [0.25, 0.3) is 5.91 Å². The second-order valence-corrected chi connectivity index (χ2v) is 13.0. The van der Waals surface area contributed by atoms with E-state index in [9.17, 15) is 23.9 Å². The first kappa shape index (κ1) is 29.7. The van der Waals surface area contributed by atoms with E-state index in [1.165, 1.54) is 25.3 Å². The van der Waals surface area contributed by atoms with Crippen molar-refractivity contribution in [1.29, 1.82) is 0 Å². The maximum Gasteiger partial charge on any atom is 0.356 e. The minimum atomic E-state index is -4.46. The molecule has 212 valence electrons. The van der Waals surface area contributed by atoms with Gasteiger partial charge >= 0.3 is 7.60 Å². The predicted octanol–water partition coefficient (Wildman–Crippen LogP) is 2.50. The number of carbonyl (C=O) groups excluding carboxylic acids is 2. The van der Waals surface area contributed by atoms with Crippen LogP contribution in [0.2, 0.25) is 0 Å². The van der Waals surface area contributed by atoms with E-state index in [1.807, 2.05) is 6.07 Å². The lowest BCUT2D eigenvalue weighted by Crippen LogP contribution is -2.43. The van der Waals surface area contributed by atoms with Crippen LogP contribution in [0.5, 0.6) is 5.75 Å². The van der Waals surface area contributed by atoms with Crippen molar-refractivity contribution in [2.45, 2.75) is 76.3 Å². The lowest BCUT2D eigenvalue weighted by Gasteiger charge is -2.25. The summed E-state index contributed by atoms with van der Waals surface area (Å²) in [7, 11) is -2.15. The Kier molecular flexibility index (Phi) is 9.84. The first-order chi connectivity index (χ1) is 18.5. The van der Waals surface area contributed by atoms with Gasteiger partial charge in [0.05, 0.1) is 29.6 Å². The molecule has 0 aromatic heterocycles. The number of rotatable bonds is 9. The van der Waals surface area contributed by atoms with Gasteiger partial charge in [-0.2, -0.15) is 0 Å². The summed E-state index contributed by atoms with van der Waals surface area (Å²) in [5.41, 5.74) is 14.7. The fourth-order valence-electron chi connectivity index (χ4n) is 5.62. The van der Waals surface area contributed by atoms with Crippen molar-refractivity contribution >= 4 is 39.3 Å². The Hall–Kier alpha value is -2.28. The molecule has 0 radical (unpaired) electrons. The van der Waals surface area contributed by atoms with Crippen molar-refractivity contribution in [2.75, 3.05) is 6.61 Å². The van der Waals surface area contributed by atoms with E-state index in [1.54, 1.807) is 18.2 Å². The lowest BCUT2D eigenvalue weighted by molar-refractivity contribution is -0.123. The van der Waals surface area contributed by atoms with Crippen molar-refractivity contribution in [3.05, 3.63) is 52.6 Å². The third kappa shape index (κ3) is 7.68. The number of hydrogen-bond donors (Lipinski definition) is 5. The summed E-state index contributed by atoms with van der Waals surface area (Å²) in [6.45, 7) is 0.565. The predicted molar refractivity (Wildman–Crippen MR) is 155 cm³/mol. The van der Waals surface area contributed by atoms with E-state index in [2.05, 4.69) is 14.6 Å². The quantitative estimate of drug-likeness (QED) is 0.226. The summed E-state index contributed by atoms with van der Waals surface area (Å²) in [4.78, 5) is 44.7. The third-order valence-electron chi connectivity index (χ3n) is 7.79. The van der Waals surface area contributed by atoms with Crippen LogP contribution in [-0.2, 0) is 22.2 Å². The summed E-state index contributed by atoms with van der Waals surface area (Å²) in [6.07, 6.45) is 9.38. The highest BCUT2D eigenvalue weighted by atomic mass is 31.2. The molecule has 0 bridgehead atoms. The fourth-order valence-corrected chi connectivity index (χ4v) is 7.05. The molecule has 2 aliphatic carbocycles. The van der Waals surface area contributed by atoms with Crippen LogP contribution in [0.25, 0.3) is 0 Å². The molecule has 0 heterocycles. The average Bonchev–Trinajstić information content (AvgIpc) is 3.09. The largest absolute Gasteiger partial charge is 0.492 e. The molecule has 2 aromatic carbocycles. The van der Waals surface area contributed by atoms with E-state index in [0.717, 1.165) is 43.2 Å². The second kappa shape index (κ2) is 12.9. The smallest absolute Gasteiger partial charge is 0.356 e. The monoisotopic (exact) mass is 575 g/mol. The summed E-state index contributed by atoms with van der Waals surface area (Å²) in [5, 5.41) is 3.34. The Bertz CT molecular complexity index is 1260. The minimum Gasteiger partial charge on any atom is -0.492 e. The Balaban J connectivity index is 1.50. The zero-order valence-corrected chi connectivity index (χ0v) is 24.2. The van der Waals surface area contributed by atoms with Crippen molar-refractivity contribution < 1.29 is 28.7 Å². The molecular formula is C28H39N3O6P2. The van der Waals surface area contributed by atoms with Gasteiger partial charge in [-0.05, 0) is 84.6 Å². The fraction of sp³-hybridized carbons (Fsp3) is 0.500. The van der Waals surface area contributed by atoms with E-state index < -0.39 is 19.5 Å². The summed E-state index contributed by atoms with van der Waals surface area (Å²) in [5.74, 6) is 0.0467. The minimum absolute atomic E-state index is 0.101. The number of carbonyl (C=O) groups is 2. The molecule has 1 saturated carbocycles. The Morgan fingerprint density at radius 2 is 1.79 bits per heavy atom. The van der Waals surface area contributed by atoms with Crippen molar-refractivity contribution in [1.82, 2.24) is 5.32 Å². The molecule has 0 spiro atoms. The SMILES string of the molecule is NC(=O)c1cc2c(cc1OCC1CCCCC1)CCCCC2NC(=O)[C@@H](N)Cc1ccc(P)c(P(=O)(O)O)c1. The number of aryl methyl sites for hydroxylation is 1. The van der Waals surface area contributed by atoms with Crippen LogP contribution < -0.4 is 32.1 Å². The molecule has 1 fully saturated rings. The molecule has 9 nitrogen and oxygen atoms in total. The summed E-state index contributed by atoms with van der Waals surface area (Å²) >= 11 is 0. The molecule has 0 aliphatic heterocycles. The molecule has 11 heteroatoms. The van der Waals surface area contributed by atoms with Gasteiger partial charge in [0.2, 0.25) is 5.91 Å². The number of nitrogens with one attached hydrogen (secondary N) is 1. The van der Waals surface area contributed by atoms with E-state index >= 15 is 0 Å². The molecule has 3 atom stereocenters. The van der Waals surface area contributed by atoms with Crippen LogP contribution in [0, 0.1) is 5.92 Å². The molecule has 2 aliphatic rings. The number of nitrogens with two attached hydrogens (primary N) is 2. The van der Waals surface area contributed by atoms with Crippen molar-refractivity contribution in [2.24, 2.45) is 17.4 Å². The van der Waals surface area contributed by atoms with Gasteiger partial charge in [-0.25, -0.2) is 0 Å². The first-order valence-corrected chi connectivity index (χ1v) is 15.8. The van der Waals surface area contributed by atoms with Gasteiger partial charge in [0.15, 0.2) is 0 Å². The van der Waals surface area contributed by atoms with Gasteiger partial charge in [-0.1, -0.05) is 37.8 Å². The average molecular weight is 576 g/mol. The van der Waals surface area contributed by atoms with Crippen LogP contribution in [0.15, 0.2) is 30.3 Å². The maximum absolute atomic E-state index is 13.1. The summed E-state index contributed by atoms with van der Waals surface area (Å²) in [6, 6.07) is 7.09. The van der Waals surface area contributed by atoms with E-state index in [4.69, 9.17) is 16.2 Å². The molecule has 7 N–H and O–H groups in total. The standard InChI is InChI=1S/C28H39N3O6P2/c29-22(12-18-10-11-25(38)26(13-18)39(34,35)36)28(33)31-23-9-5-4-8-19-14-24(21(27(30)32)15-20(19)23)37-16-17-6-2-1-3-7-17/h10-11,13-15,17,22-23H,1-9,12,16,29,38H2,(H2,30,32)(H,31,33)(H2,34,35,36)/t22-,23?/m0/s1. The Labute approximate surface area is 231 Å². The first-order valence-electron chi connectivity index (χ1n) is 13.6. The molecular weight excluding hydrogens is 536 g/mol. The van der Waals surface area contributed by atoms with Gasteiger partial charge in [-0.15, -0.1) is 9.24 Å². The van der Waals surface area contributed by atoms with Crippen LogP contribution in [0.1, 0.15) is 84.5 Å². The van der Waals surface area contributed by atoms with E-state index in [-0.39, 0.29) is 23.7 Å². The van der Waals surface area contributed by atoms with Crippen LogP contribution in [-0.4, -0.2) is 34.2 Å². The Morgan fingerprint density at radius 3 is 2.49 bits per heavy atom. The molecule has 2 amide bonds.